The first-order chi connectivity index (χ1) is 24.5. The Bertz CT molecular complexity index is 2240. The molecule has 2 atom stereocenters. The molecule has 2 aliphatic rings. The molecule has 6 aromatic rings. The van der Waals surface area contributed by atoms with Crippen LogP contribution in [-0.2, 0) is 33.2 Å². The predicted molar refractivity (Wildman–Crippen MR) is 219 cm³/mol. The Kier molecular flexibility index (Phi) is 11.7. The van der Waals surface area contributed by atoms with Gasteiger partial charge in [-0.2, -0.15) is 0 Å². The maximum absolute atomic E-state index is 2.67. The van der Waals surface area contributed by atoms with Crippen LogP contribution in [-0.4, -0.2) is 5.92 Å². The van der Waals surface area contributed by atoms with E-state index in [0.29, 0.717) is 3.63 Å². The molecule has 0 saturated carbocycles. The molecule has 0 fully saturated rings. The Hall–Kier alpha value is -3.00. The number of hydrogen-bond acceptors (Lipinski definition) is 0. The minimum Gasteiger partial charge on any atom is -1.00 e. The second kappa shape index (κ2) is 15.6. The molecule has 53 heavy (non-hydrogen) atoms. The summed E-state index contributed by atoms with van der Waals surface area (Å²) in [6, 6.07) is 50.0. The second-order valence-corrected chi connectivity index (χ2v) is 27.5. The van der Waals surface area contributed by atoms with Gasteiger partial charge in [0.15, 0.2) is 0 Å². The van der Waals surface area contributed by atoms with Crippen LogP contribution in [0.1, 0.15) is 110 Å². The molecule has 0 saturated heterocycles. The van der Waals surface area contributed by atoms with E-state index in [0.717, 1.165) is 12.8 Å². The summed E-state index contributed by atoms with van der Waals surface area (Å²) in [7, 11) is 0. The van der Waals surface area contributed by atoms with Crippen LogP contribution < -0.4 is 35.2 Å². The first-order valence-electron chi connectivity index (χ1n) is 18.9. The summed E-state index contributed by atoms with van der Waals surface area (Å²) in [6.45, 7) is 16.7. The molecule has 8 rings (SSSR count). The van der Waals surface area contributed by atoms with E-state index in [1.807, 2.05) is 0 Å². The van der Waals surface area contributed by atoms with Crippen LogP contribution in [0, 0.1) is 0 Å². The third kappa shape index (κ3) is 7.39. The zero-order valence-corrected chi connectivity index (χ0v) is 37.2. The molecular formula is C49H50Cl2SiZr. The van der Waals surface area contributed by atoms with Gasteiger partial charge in [-0.05, 0) is 0 Å². The van der Waals surface area contributed by atoms with Crippen molar-refractivity contribution in [2.75, 3.05) is 0 Å². The molecule has 6 aromatic carbocycles. The number of rotatable bonds is 7. The topological polar surface area (TPSA) is 0 Å². The quantitative estimate of drug-likeness (QED) is 0.188. The molecule has 2 aliphatic carbocycles. The Morgan fingerprint density at radius 2 is 1.17 bits per heavy atom. The molecule has 0 heterocycles. The average molecular weight is 829 g/mol. The van der Waals surface area contributed by atoms with Crippen LogP contribution in [0.3, 0.4) is 0 Å². The van der Waals surface area contributed by atoms with E-state index >= 15 is 0 Å². The fourth-order valence-electron chi connectivity index (χ4n) is 8.64. The van der Waals surface area contributed by atoms with Gasteiger partial charge >= 0.3 is 320 Å². The summed E-state index contributed by atoms with van der Waals surface area (Å²) in [5, 5.41) is 5.94. The minimum atomic E-state index is -1.44. The maximum atomic E-state index is 2.67. The van der Waals surface area contributed by atoms with Gasteiger partial charge in [-0.25, -0.2) is 0 Å². The normalized spacial score (nSPS) is 15.9. The Morgan fingerprint density at radius 1 is 0.585 bits per heavy atom. The predicted octanol–water partition coefficient (Wildman–Crippen LogP) is 5.46. The first-order valence-corrected chi connectivity index (χ1v) is 26.3. The number of allylic oxidation sites excluding steroid dienone is 1. The van der Waals surface area contributed by atoms with Crippen molar-refractivity contribution in [1.29, 1.82) is 0 Å². The van der Waals surface area contributed by atoms with Crippen molar-refractivity contribution < 1.29 is 47.2 Å². The Morgan fingerprint density at radius 3 is 1.79 bits per heavy atom. The first kappa shape index (κ1) is 39.7. The van der Waals surface area contributed by atoms with Crippen molar-refractivity contribution in [2.45, 2.75) is 81.7 Å². The van der Waals surface area contributed by atoms with E-state index in [1.165, 1.54) is 44.2 Å². The van der Waals surface area contributed by atoms with Crippen LogP contribution in [0.2, 0.25) is 0 Å². The van der Waals surface area contributed by atoms with E-state index in [2.05, 4.69) is 182 Å². The molecule has 0 bridgehead atoms. The molecule has 2 unspecified atom stereocenters. The van der Waals surface area contributed by atoms with Crippen LogP contribution in [0.4, 0.5) is 0 Å². The molecule has 4 heteroatoms. The van der Waals surface area contributed by atoms with E-state index in [4.69, 9.17) is 0 Å². The van der Waals surface area contributed by atoms with E-state index in [9.17, 15) is 0 Å². The fraction of sp³-hybridized carbons (Fsp3) is 0.265. The number of halogens is 2. The van der Waals surface area contributed by atoms with Crippen molar-refractivity contribution in [3.05, 3.63) is 172 Å². The van der Waals surface area contributed by atoms with Crippen molar-refractivity contribution >= 4 is 33.1 Å². The summed E-state index contributed by atoms with van der Waals surface area (Å²) in [5.74, 6) is -1.16. The van der Waals surface area contributed by atoms with Crippen molar-refractivity contribution in [2.24, 2.45) is 0 Å². The monoisotopic (exact) mass is 826 g/mol. The van der Waals surface area contributed by atoms with Crippen LogP contribution in [0.25, 0.3) is 28.0 Å². The summed E-state index contributed by atoms with van der Waals surface area (Å²) in [4.78, 5) is 0. The smallest absolute Gasteiger partial charge is 1.00 e. The maximum Gasteiger partial charge on any atom is -1.00 e. The van der Waals surface area contributed by atoms with E-state index in [-0.39, 0.29) is 41.6 Å². The zero-order chi connectivity index (χ0) is 35.5. The number of hydrogen-bond donors (Lipinski definition) is 0. The van der Waals surface area contributed by atoms with Gasteiger partial charge in [0.05, 0.1) is 0 Å². The third-order valence-electron chi connectivity index (χ3n) is 11.4. The average Bonchev–Trinajstić information content (AvgIpc) is 3.65. The van der Waals surface area contributed by atoms with Crippen LogP contribution in [0.15, 0.2) is 133 Å². The fourth-order valence-corrected chi connectivity index (χ4v) is 23.4. The van der Waals surface area contributed by atoms with Gasteiger partial charge in [0.2, 0.25) is 0 Å². The van der Waals surface area contributed by atoms with Gasteiger partial charge in [0.25, 0.3) is 0 Å². The summed E-state index contributed by atoms with van der Waals surface area (Å²) in [6.07, 6.45) is 4.86. The van der Waals surface area contributed by atoms with Gasteiger partial charge in [0.1, 0.15) is 0 Å². The summed E-state index contributed by atoms with van der Waals surface area (Å²) >= 11 is -1.08. The standard InChI is InChI=1S/C37H39.C12H11Si.2ClH.Zr/c1-8-11-25-19-31-28-13-10-9-12-23(28)15-17-29(31)35(25)34-22-27(37(5,6)7)21-33-30-20-26(36(2,3)4)16-14-24(30)18-32(33)34;1-3-7-11(8-4-1)13-12-9-5-2-6-10-12;;;/h9-10,12-22,35H,8,11H2,1-7H3;1-10,13H;2*1H;/q;;;;+2/p-2. The van der Waals surface area contributed by atoms with Gasteiger partial charge in [-0.15, -0.1) is 0 Å². The third-order valence-corrected chi connectivity index (χ3v) is 25.4. The van der Waals surface area contributed by atoms with E-state index in [1.54, 1.807) is 32.6 Å². The Labute approximate surface area is 342 Å². The Balaban J connectivity index is 0.00000240. The number of benzene rings is 6. The zero-order valence-electron chi connectivity index (χ0n) is 32.1. The second-order valence-electron chi connectivity index (χ2n) is 16.9. The van der Waals surface area contributed by atoms with E-state index < -0.39 is 28.3 Å². The number of fused-ring (bicyclic) bond motifs is 6. The molecular weight excluding hydrogens is 779 g/mol. The molecule has 268 valence electrons. The molecule has 0 N–H and O–H groups in total. The van der Waals surface area contributed by atoms with Crippen LogP contribution in [0.5, 0.6) is 0 Å². The van der Waals surface area contributed by atoms with Gasteiger partial charge < -0.3 is 24.8 Å². The molecule has 0 amide bonds. The van der Waals surface area contributed by atoms with Crippen molar-refractivity contribution in [3.63, 3.8) is 0 Å². The molecule has 0 nitrogen and oxygen atoms in total. The molecule has 0 radical (unpaired) electrons. The molecule has 0 spiro atoms. The minimum absolute atomic E-state index is 0. The summed E-state index contributed by atoms with van der Waals surface area (Å²) < 4.78 is 0.501. The SMILES string of the molecule is CCCC1=Cc2c(ccc3ccccc23)C1c1cc(C(C)(C)C)cc2c1[CH]([Zr+2][SiH](c1ccccc1)c1ccccc1)c1ccc(C(C)(C)C)cc1-2.[Cl-].[Cl-]. The molecule has 0 aliphatic heterocycles. The van der Waals surface area contributed by atoms with Gasteiger partial charge in [-0.3, -0.25) is 0 Å². The summed E-state index contributed by atoms with van der Waals surface area (Å²) in [5.41, 5.74) is 15.4. The molecule has 0 aromatic heterocycles. The van der Waals surface area contributed by atoms with Gasteiger partial charge in [-0.1, -0.05) is 0 Å². The largest absolute Gasteiger partial charge is 1.00 e. The van der Waals surface area contributed by atoms with Crippen molar-refractivity contribution in [1.82, 2.24) is 0 Å². The van der Waals surface area contributed by atoms with Crippen molar-refractivity contribution in [3.8, 4) is 11.1 Å². The van der Waals surface area contributed by atoms with Crippen LogP contribution >= 0.6 is 0 Å². The van der Waals surface area contributed by atoms with Gasteiger partial charge in [0, 0.05) is 0 Å².